The van der Waals surface area contributed by atoms with Gasteiger partial charge in [0.15, 0.2) is 0 Å². The fraction of sp³-hybridized carbons (Fsp3) is 0.600. The van der Waals surface area contributed by atoms with Crippen LogP contribution >= 0.6 is 0 Å². The molecule has 6 heteroatoms. The molecule has 2 rings (SSSR count). The van der Waals surface area contributed by atoms with Crippen LogP contribution in [0.25, 0.3) is 0 Å². The lowest BCUT2D eigenvalue weighted by atomic mass is 10.1. The highest BCUT2D eigenvalue weighted by molar-refractivity contribution is 5.51. The predicted octanol–water partition coefficient (Wildman–Crippen LogP) is 2.73. The number of nitrogens with zero attached hydrogens (tertiary/aromatic N) is 2. The van der Waals surface area contributed by atoms with E-state index >= 15 is 0 Å². The van der Waals surface area contributed by atoms with Gasteiger partial charge in [-0.05, 0) is 44.1 Å². The lowest BCUT2D eigenvalue weighted by Gasteiger charge is -2.28. The van der Waals surface area contributed by atoms with Crippen LogP contribution in [0.5, 0.6) is 0 Å². The first kappa shape index (κ1) is 16.1. The molecule has 1 unspecified atom stereocenters. The quantitative estimate of drug-likeness (QED) is 0.926. The zero-order valence-corrected chi connectivity index (χ0v) is 12.3. The molecule has 1 N–H and O–H groups in total. The number of hydrogen-bond acceptors (Lipinski definition) is 3. The summed E-state index contributed by atoms with van der Waals surface area (Å²) < 4.78 is 39.0. The smallest absolute Gasteiger partial charge is 0.392 e. The number of likely N-dealkylation sites (tertiary alicyclic amines) is 1. The molecule has 0 aliphatic carbocycles. The SMILES string of the molecule is CN(CC1CCCN1C)c1ccc(CO)c(C(F)(F)F)c1. The van der Waals surface area contributed by atoms with Crippen LogP contribution in [-0.4, -0.2) is 43.2 Å². The monoisotopic (exact) mass is 302 g/mol. The normalized spacial score (nSPS) is 20.0. The summed E-state index contributed by atoms with van der Waals surface area (Å²) in [6, 6.07) is 4.49. The number of halogens is 3. The van der Waals surface area contributed by atoms with Crippen LogP contribution in [0.4, 0.5) is 18.9 Å². The molecule has 1 heterocycles. The Bertz CT molecular complexity index is 490. The molecular weight excluding hydrogens is 281 g/mol. The van der Waals surface area contributed by atoms with E-state index in [1.165, 1.54) is 6.07 Å². The van der Waals surface area contributed by atoms with Gasteiger partial charge in [-0.1, -0.05) is 6.07 Å². The van der Waals surface area contributed by atoms with Crippen molar-refractivity contribution in [3.63, 3.8) is 0 Å². The number of likely N-dealkylation sites (N-methyl/N-ethyl adjacent to an activating group) is 2. The molecule has 0 saturated carbocycles. The Morgan fingerprint density at radius 1 is 1.38 bits per heavy atom. The van der Waals surface area contributed by atoms with Crippen LogP contribution < -0.4 is 4.90 Å². The summed E-state index contributed by atoms with van der Waals surface area (Å²) in [6.07, 6.45) is -2.24. The minimum absolute atomic E-state index is 0.0855. The third-order valence-corrected chi connectivity index (χ3v) is 4.17. The van der Waals surface area contributed by atoms with Gasteiger partial charge in [-0.3, -0.25) is 0 Å². The zero-order chi connectivity index (χ0) is 15.6. The maximum absolute atomic E-state index is 13.0. The molecule has 21 heavy (non-hydrogen) atoms. The number of hydrogen-bond donors (Lipinski definition) is 1. The number of anilines is 1. The van der Waals surface area contributed by atoms with Gasteiger partial charge in [0.05, 0.1) is 12.2 Å². The van der Waals surface area contributed by atoms with Crippen LogP contribution in [0.1, 0.15) is 24.0 Å². The van der Waals surface area contributed by atoms with Gasteiger partial charge in [-0.15, -0.1) is 0 Å². The molecule has 0 aromatic heterocycles. The Kier molecular flexibility index (Phi) is 4.78. The van der Waals surface area contributed by atoms with E-state index in [0.29, 0.717) is 18.3 Å². The van der Waals surface area contributed by atoms with E-state index in [4.69, 9.17) is 5.11 Å². The van der Waals surface area contributed by atoms with E-state index < -0.39 is 18.3 Å². The topological polar surface area (TPSA) is 26.7 Å². The number of alkyl halides is 3. The van der Waals surface area contributed by atoms with Crippen LogP contribution in [0.3, 0.4) is 0 Å². The van der Waals surface area contributed by atoms with E-state index in [9.17, 15) is 13.2 Å². The van der Waals surface area contributed by atoms with Crippen molar-refractivity contribution in [3.05, 3.63) is 29.3 Å². The van der Waals surface area contributed by atoms with E-state index in [1.54, 1.807) is 13.1 Å². The first-order valence-corrected chi connectivity index (χ1v) is 7.05. The minimum Gasteiger partial charge on any atom is -0.392 e. The van der Waals surface area contributed by atoms with Crippen molar-refractivity contribution in [1.29, 1.82) is 0 Å². The van der Waals surface area contributed by atoms with E-state index in [-0.39, 0.29) is 5.56 Å². The van der Waals surface area contributed by atoms with Gasteiger partial charge in [0.2, 0.25) is 0 Å². The third kappa shape index (κ3) is 3.68. The van der Waals surface area contributed by atoms with E-state index in [2.05, 4.69) is 4.90 Å². The fourth-order valence-corrected chi connectivity index (χ4v) is 2.84. The van der Waals surface area contributed by atoms with Crippen molar-refractivity contribution in [1.82, 2.24) is 4.90 Å². The standard InChI is InChI=1S/C15H21F3N2O/c1-19-7-3-4-13(19)9-20(2)12-6-5-11(10-21)14(8-12)15(16,17)18/h5-6,8,13,21H,3-4,7,9-10H2,1-2H3. The molecule has 1 aliphatic heterocycles. The van der Waals surface area contributed by atoms with Gasteiger partial charge in [0, 0.05) is 25.3 Å². The highest BCUT2D eigenvalue weighted by Gasteiger charge is 2.33. The Morgan fingerprint density at radius 3 is 2.62 bits per heavy atom. The van der Waals surface area contributed by atoms with E-state index in [0.717, 1.165) is 25.5 Å². The Hall–Kier alpha value is -1.27. The highest BCUT2D eigenvalue weighted by atomic mass is 19.4. The third-order valence-electron chi connectivity index (χ3n) is 4.17. The van der Waals surface area contributed by atoms with Crippen molar-refractivity contribution < 1.29 is 18.3 Å². The van der Waals surface area contributed by atoms with Gasteiger partial charge in [0.25, 0.3) is 0 Å². The van der Waals surface area contributed by atoms with Crippen LogP contribution in [-0.2, 0) is 12.8 Å². The highest BCUT2D eigenvalue weighted by Crippen LogP contribution is 2.34. The molecule has 118 valence electrons. The molecule has 0 spiro atoms. The Labute approximate surface area is 123 Å². The van der Waals surface area contributed by atoms with Crippen LogP contribution in [0.2, 0.25) is 0 Å². The summed E-state index contributed by atoms with van der Waals surface area (Å²) in [6.45, 7) is 1.13. The van der Waals surface area contributed by atoms with Crippen molar-refractivity contribution in [2.24, 2.45) is 0 Å². The molecule has 0 radical (unpaired) electrons. The average molecular weight is 302 g/mol. The summed E-state index contributed by atoms with van der Waals surface area (Å²) in [5.74, 6) is 0. The van der Waals surface area contributed by atoms with Crippen LogP contribution in [0, 0.1) is 0 Å². The first-order valence-electron chi connectivity index (χ1n) is 7.05. The zero-order valence-electron chi connectivity index (χ0n) is 12.3. The summed E-state index contributed by atoms with van der Waals surface area (Å²) in [5, 5.41) is 9.06. The second-order valence-corrected chi connectivity index (χ2v) is 5.65. The Morgan fingerprint density at radius 2 is 2.10 bits per heavy atom. The maximum Gasteiger partial charge on any atom is 0.416 e. The second kappa shape index (κ2) is 6.23. The predicted molar refractivity (Wildman–Crippen MR) is 76.3 cm³/mol. The van der Waals surface area contributed by atoms with Crippen molar-refractivity contribution in [2.75, 3.05) is 32.1 Å². The molecule has 1 atom stereocenters. The Balaban J connectivity index is 2.19. The van der Waals surface area contributed by atoms with Crippen LogP contribution in [0.15, 0.2) is 18.2 Å². The average Bonchev–Trinajstić information content (AvgIpc) is 2.82. The minimum atomic E-state index is -4.45. The molecular formula is C15H21F3N2O. The van der Waals surface area contributed by atoms with E-state index in [1.807, 2.05) is 11.9 Å². The summed E-state index contributed by atoms with van der Waals surface area (Å²) in [5.41, 5.74) is -0.313. The maximum atomic E-state index is 13.0. The number of aliphatic hydroxyl groups is 1. The molecule has 0 bridgehead atoms. The molecule has 1 saturated heterocycles. The summed E-state index contributed by atoms with van der Waals surface area (Å²) >= 11 is 0. The molecule has 1 aliphatic rings. The number of aliphatic hydroxyl groups excluding tert-OH is 1. The second-order valence-electron chi connectivity index (χ2n) is 5.65. The molecule has 0 amide bonds. The molecule has 1 aromatic carbocycles. The largest absolute Gasteiger partial charge is 0.416 e. The molecule has 3 nitrogen and oxygen atoms in total. The molecule has 1 aromatic rings. The number of benzene rings is 1. The van der Waals surface area contributed by atoms with Gasteiger partial charge in [0.1, 0.15) is 0 Å². The van der Waals surface area contributed by atoms with Gasteiger partial charge in [-0.25, -0.2) is 0 Å². The lowest BCUT2D eigenvalue weighted by molar-refractivity contribution is -0.138. The van der Waals surface area contributed by atoms with Crippen molar-refractivity contribution >= 4 is 5.69 Å². The van der Waals surface area contributed by atoms with Gasteiger partial charge in [-0.2, -0.15) is 13.2 Å². The van der Waals surface area contributed by atoms with Gasteiger partial charge < -0.3 is 14.9 Å². The first-order chi connectivity index (χ1) is 9.82. The lowest BCUT2D eigenvalue weighted by Crippen LogP contribution is -2.36. The van der Waals surface area contributed by atoms with Crippen molar-refractivity contribution in [3.8, 4) is 0 Å². The fourth-order valence-electron chi connectivity index (χ4n) is 2.84. The van der Waals surface area contributed by atoms with Crippen molar-refractivity contribution in [2.45, 2.75) is 31.7 Å². The molecule has 1 fully saturated rings. The van der Waals surface area contributed by atoms with Gasteiger partial charge >= 0.3 is 6.18 Å². The summed E-state index contributed by atoms with van der Waals surface area (Å²) in [4.78, 5) is 4.09. The number of rotatable bonds is 4. The summed E-state index contributed by atoms with van der Waals surface area (Å²) in [7, 11) is 3.85.